The molecular weight excluding hydrogens is 422 g/mol. The van der Waals surface area contributed by atoms with Crippen molar-refractivity contribution < 1.29 is 9.53 Å². The average Bonchev–Trinajstić information content (AvgIpc) is 2.86. The molecule has 2 fully saturated rings. The first-order valence-electron chi connectivity index (χ1n) is 12.8. The zero-order valence-electron chi connectivity index (χ0n) is 21.3. The molecule has 1 heterocycles. The molecule has 2 aromatic rings. The molecule has 5 heteroatoms. The Hall–Kier alpha value is -2.21. The van der Waals surface area contributed by atoms with E-state index in [-0.39, 0.29) is 5.91 Å². The number of aryl methyl sites for hydroxylation is 2. The standard InChI is InChI=1S/C29H41N3O2/c1-22-9-8-10-23(2)27(22)30-28(33)29(31(3)4)17-19-32(20-18-29)25-13-15-26(16-14-25)34-21-24-11-6-5-7-12-24/h5-12,25-26H,13-21H2,1-4H3,(H,30,33). The number of ether oxygens (including phenoxy) is 1. The fourth-order valence-electron chi connectivity index (χ4n) is 5.74. The van der Waals surface area contributed by atoms with E-state index in [4.69, 9.17) is 4.74 Å². The summed E-state index contributed by atoms with van der Waals surface area (Å²) < 4.78 is 6.20. The van der Waals surface area contributed by atoms with Crippen LogP contribution in [0.15, 0.2) is 48.5 Å². The number of para-hydroxylation sites is 1. The molecule has 0 spiro atoms. The maximum atomic E-state index is 13.6. The molecule has 34 heavy (non-hydrogen) atoms. The van der Waals surface area contributed by atoms with Gasteiger partial charge in [0.1, 0.15) is 5.54 Å². The van der Waals surface area contributed by atoms with Gasteiger partial charge in [-0.15, -0.1) is 0 Å². The third-order valence-electron chi connectivity index (χ3n) is 8.11. The fraction of sp³-hybridized carbons (Fsp3) is 0.552. The van der Waals surface area contributed by atoms with Crippen LogP contribution < -0.4 is 5.32 Å². The van der Waals surface area contributed by atoms with Gasteiger partial charge in [0.2, 0.25) is 5.91 Å². The molecule has 184 valence electrons. The molecule has 1 saturated heterocycles. The van der Waals surface area contributed by atoms with Crippen LogP contribution in [0.3, 0.4) is 0 Å². The highest BCUT2D eigenvalue weighted by atomic mass is 16.5. The Morgan fingerprint density at radius 2 is 1.59 bits per heavy atom. The number of amides is 1. The second-order valence-corrected chi connectivity index (χ2v) is 10.4. The van der Waals surface area contributed by atoms with Gasteiger partial charge in [-0.25, -0.2) is 0 Å². The molecule has 0 radical (unpaired) electrons. The summed E-state index contributed by atoms with van der Waals surface area (Å²) in [6.45, 7) is 6.78. The minimum Gasteiger partial charge on any atom is -0.374 e. The number of anilines is 1. The number of benzene rings is 2. The van der Waals surface area contributed by atoms with Crippen LogP contribution in [0.25, 0.3) is 0 Å². The first kappa shape index (κ1) is 24.9. The van der Waals surface area contributed by atoms with Crippen molar-refractivity contribution in [2.75, 3.05) is 32.5 Å². The number of hydrogen-bond donors (Lipinski definition) is 1. The monoisotopic (exact) mass is 463 g/mol. The maximum Gasteiger partial charge on any atom is 0.244 e. The molecule has 0 atom stereocenters. The van der Waals surface area contributed by atoms with Crippen molar-refractivity contribution in [2.45, 2.75) is 76.7 Å². The summed E-state index contributed by atoms with van der Waals surface area (Å²) in [5.41, 5.74) is 3.99. The number of hydrogen-bond acceptors (Lipinski definition) is 4. The van der Waals surface area contributed by atoms with Crippen LogP contribution in [0, 0.1) is 13.8 Å². The van der Waals surface area contributed by atoms with Gasteiger partial charge in [0.15, 0.2) is 0 Å². The number of likely N-dealkylation sites (tertiary alicyclic amines) is 1. The molecule has 1 aliphatic carbocycles. The van der Waals surface area contributed by atoms with Crippen LogP contribution >= 0.6 is 0 Å². The molecule has 0 unspecified atom stereocenters. The van der Waals surface area contributed by atoms with Crippen LogP contribution in [0.5, 0.6) is 0 Å². The third kappa shape index (κ3) is 5.54. The predicted octanol–water partition coefficient (Wildman–Crippen LogP) is 5.17. The summed E-state index contributed by atoms with van der Waals surface area (Å²) in [4.78, 5) is 18.3. The zero-order chi connectivity index (χ0) is 24.1. The van der Waals surface area contributed by atoms with E-state index in [0.717, 1.165) is 55.6 Å². The number of rotatable bonds is 7. The van der Waals surface area contributed by atoms with Crippen LogP contribution in [-0.2, 0) is 16.1 Å². The van der Waals surface area contributed by atoms with Gasteiger partial charge >= 0.3 is 0 Å². The topological polar surface area (TPSA) is 44.8 Å². The van der Waals surface area contributed by atoms with Gasteiger partial charge in [0.05, 0.1) is 12.7 Å². The number of carbonyl (C=O) groups is 1. The molecule has 1 saturated carbocycles. The summed E-state index contributed by atoms with van der Waals surface area (Å²) in [7, 11) is 4.10. The van der Waals surface area contributed by atoms with Crippen molar-refractivity contribution in [1.29, 1.82) is 0 Å². The molecule has 1 N–H and O–H groups in total. The van der Waals surface area contributed by atoms with E-state index < -0.39 is 5.54 Å². The van der Waals surface area contributed by atoms with E-state index in [1.165, 1.54) is 18.4 Å². The summed E-state index contributed by atoms with van der Waals surface area (Å²) in [5.74, 6) is 0.132. The second-order valence-electron chi connectivity index (χ2n) is 10.4. The number of piperidine rings is 1. The predicted molar refractivity (Wildman–Crippen MR) is 139 cm³/mol. The lowest BCUT2D eigenvalue weighted by molar-refractivity contribution is -0.130. The van der Waals surface area contributed by atoms with Crippen LogP contribution in [-0.4, -0.2) is 60.6 Å². The first-order chi connectivity index (χ1) is 16.4. The van der Waals surface area contributed by atoms with E-state index in [2.05, 4.69) is 79.5 Å². The van der Waals surface area contributed by atoms with E-state index in [0.29, 0.717) is 18.8 Å². The fourth-order valence-corrected chi connectivity index (χ4v) is 5.74. The van der Waals surface area contributed by atoms with Crippen molar-refractivity contribution in [3.05, 3.63) is 65.2 Å². The van der Waals surface area contributed by atoms with E-state index in [9.17, 15) is 4.79 Å². The zero-order valence-corrected chi connectivity index (χ0v) is 21.3. The Balaban J connectivity index is 1.30. The third-order valence-corrected chi connectivity index (χ3v) is 8.11. The van der Waals surface area contributed by atoms with Crippen molar-refractivity contribution in [1.82, 2.24) is 9.80 Å². The van der Waals surface area contributed by atoms with Crippen LogP contribution in [0.1, 0.15) is 55.2 Å². The van der Waals surface area contributed by atoms with E-state index >= 15 is 0 Å². The summed E-state index contributed by atoms with van der Waals surface area (Å²) in [6.07, 6.45) is 6.71. The molecule has 2 aliphatic rings. The van der Waals surface area contributed by atoms with Gasteiger partial charge in [-0.05, 0) is 83.2 Å². The van der Waals surface area contributed by atoms with Gasteiger partial charge in [0.25, 0.3) is 0 Å². The molecule has 5 nitrogen and oxygen atoms in total. The highest BCUT2D eigenvalue weighted by molar-refractivity contribution is 5.99. The SMILES string of the molecule is Cc1cccc(C)c1NC(=O)C1(N(C)C)CCN(C2CCC(OCc3ccccc3)CC2)CC1. The molecule has 1 aliphatic heterocycles. The Morgan fingerprint density at radius 1 is 0.971 bits per heavy atom. The summed E-state index contributed by atoms with van der Waals surface area (Å²) in [5, 5.41) is 3.28. The molecule has 0 bridgehead atoms. The molecular formula is C29H41N3O2. The average molecular weight is 464 g/mol. The van der Waals surface area contributed by atoms with Crippen molar-refractivity contribution in [3.8, 4) is 0 Å². The normalized spacial score (nSPS) is 23.1. The highest BCUT2D eigenvalue weighted by Gasteiger charge is 2.44. The first-order valence-corrected chi connectivity index (χ1v) is 12.8. The highest BCUT2D eigenvalue weighted by Crippen LogP contribution is 2.34. The Bertz CT molecular complexity index is 923. The van der Waals surface area contributed by atoms with E-state index in [1.807, 2.05) is 12.1 Å². The number of carbonyl (C=O) groups excluding carboxylic acids is 1. The van der Waals surface area contributed by atoms with Crippen molar-refractivity contribution in [2.24, 2.45) is 0 Å². The summed E-state index contributed by atoms with van der Waals surface area (Å²) >= 11 is 0. The number of nitrogens with zero attached hydrogens (tertiary/aromatic N) is 2. The number of likely N-dealkylation sites (N-methyl/N-ethyl adjacent to an activating group) is 1. The van der Waals surface area contributed by atoms with Crippen molar-refractivity contribution >= 4 is 11.6 Å². The van der Waals surface area contributed by atoms with Gasteiger partial charge in [-0.2, -0.15) is 0 Å². The lowest BCUT2D eigenvalue weighted by atomic mass is 9.82. The Labute approximate surface area is 205 Å². The van der Waals surface area contributed by atoms with Gasteiger partial charge in [-0.1, -0.05) is 48.5 Å². The summed E-state index contributed by atoms with van der Waals surface area (Å²) in [6, 6.07) is 17.2. The molecule has 4 rings (SSSR count). The largest absolute Gasteiger partial charge is 0.374 e. The quantitative estimate of drug-likeness (QED) is 0.616. The minimum absolute atomic E-state index is 0.132. The van der Waals surface area contributed by atoms with Gasteiger partial charge < -0.3 is 15.0 Å². The minimum atomic E-state index is -0.457. The Kier molecular flexibility index (Phi) is 8.07. The lowest BCUT2D eigenvalue weighted by Crippen LogP contribution is -2.60. The van der Waals surface area contributed by atoms with Crippen LogP contribution in [0.4, 0.5) is 5.69 Å². The van der Waals surface area contributed by atoms with Gasteiger partial charge in [-0.3, -0.25) is 9.69 Å². The van der Waals surface area contributed by atoms with Gasteiger partial charge in [0, 0.05) is 24.8 Å². The van der Waals surface area contributed by atoms with Crippen LogP contribution in [0.2, 0.25) is 0 Å². The molecule has 1 amide bonds. The Morgan fingerprint density at radius 3 is 2.18 bits per heavy atom. The maximum absolute atomic E-state index is 13.6. The molecule has 2 aromatic carbocycles. The molecule has 0 aromatic heterocycles. The number of nitrogens with one attached hydrogen (secondary N) is 1. The smallest absolute Gasteiger partial charge is 0.244 e. The van der Waals surface area contributed by atoms with Crippen molar-refractivity contribution in [3.63, 3.8) is 0 Å². The van der Waals surface area contributed by atoms with E-state index in [1.54, 1.807) is 0 Å². The second kappa shape index (κ2) is 11.0. The lowest BCUT2D eigenvalue weighted by Gasteiger charge is -2.47.